The number of carbonyl (C=O) groups excluding carboxylic acids is 1. The van der Waals surface area contributed by atoms with Crippen LogP contribution in [0, 0.1) is 0 Å². The highest BCUT2D eigenvalue weighted by Gasteiger charge is 2.27. The standard InChI is InChI=1S/C19H25N3O2S/c1-3-4-7-17(23)22-12-5-6-15(13-22)19-21-20-18(25-19)14-8-10-16(24-2)11-9-14/h8-11,15H,3-7,12-13H2,1-2H3. The second kappa shape index (κ2) is 8.43. The third kappa shape index (κ3) is 4.37. The van der Waals surface area contributed by atoms with E-state index in [1.807, 2.05) is 29.2 Å². The number of likely N-dealkylation sites (tertiary alicyclic amines) is 1. The van der Waals surface area contributed by atoms with Gasteiger partial charge in [-0.3, -0.25) is 4.79 Å². The number of methoxy groups -OCH3 is 1. The zero-order valence-corrected chi connectivity index (χ0v) is 15.7. The second-order valence-corrected chi connectivity index (χ2v) is 7.47. The Bertz CT molecular complexity index is 699. The molecule has 1 aliphatic rings. The molecule has 1 unspecified atom stereocenters. The minimum Gasteiger partial charge on any atom is -0.497 e. The van der Waals surface area contributed by atoms with Crippen molar-refractivity contribution in [2.45, 2.75) is 44.9 Å². The van der Waals surface area contributed by atoms with Crippen LogP contribution in [0.4, 0.5) is 0 Å². The average molecular weight is 359 g/mol. The van der Waals surface area contributed by atoms with E-state index >= 15 is 0 Å². The number of hydrogen-bond acceptors (Lipinski definition) is 5. The summed E-state index contributed by atoms with van der Waals surface area (Å²) in [7, 11) is 1.66. The quantitative estimate of drug-likeness (QED) is 0.779. The fourth-order valence-electron chi connectivity index (χ4n) is 3.14. The normalized spacial score (nSPS) is 17.5. The van der Waals surface area contributed by atoms with Crippen molar-refractivity contribution in [3.63, 3.8) is 0 Å². The van der Waals surface area contributed by atoms with Gasteiger partial charge >= 0.3 is 0 Å². The summed E-state index contributed by atoms with van der Waals surface area (Å²) in [4.78, 5) is 14.3. The summed E-state index contributed by atoms with van der Waals surface area (Å²) in [6.07, 6.45) is 4.82. The molecular formula is C19H25N3O2S. The number of amides is 1. The lowest BCUT2D eigenvalue weighted by Gasteiger charge is -2.31. The van der Waals surface area contributed by atoms with Gasteiger partial charge in [0.2, 0.25) is 5.91 Å². The molecule has 25 heavy (non-hydrogen) atoms. The Hall–Kier alpha value is -1.95. The third-order valence-corrected chi connectivity index (χ3v) is 5.78. The van der Waals surface area contributed by atoms with Crippen molar-refractivity contribution >= 4 is 17.2 Å². The van der Waals surface area contributed by atoms with Crippen LogP contribution in [-0.4, -0.2) is 41.2 Å². The summed E-state index contributed by atoms with van der Waals surface area (Å²) >= 11 is 1.64. The molecule has 6 heteroatoms. The Morgan fingerprint density at radius 2 is 2.12 bits per heavy atom. The van der Waals surface area contributed by atoms with Crippen LogP contribution < -0.4 is 4.74 Å². The van der Waals surface area contributed by atoms with Crippen LogP contribution in [0.2, 0.25) is 0 Å². The molecule has 5 nitrogen and oxygen atoms in total. The Labute approximate surface area is 153 Å². The summed E-state index contributed by atoms with van der Waals surface area (Å²) in [5, 5.41) is 10.7. The van der Waals surface area contributed by atoms with Gasteiger partial charge in [0.05, 0.1) is 7.11 Å². The highest BCUT2D eigenvalue weighted by atomic mass is 32.1. The molecule has 0 N–H and O–H groups in total. The van der Waals surface area contributed by atoms with Crippen LogP contribution in [0.25, 0.3) is 10.6 Å². The first kappa shape index (κ1) is 17.9. The van der Waals surface area contributed by atoms with Crippen LogP contribution in [0.1, 0.15) is 50.0 Å². The lowest BCUT2D eigenvalue weighted by molar-refractivity contribution is -0.132. The maximum Gasteiger partial charge on any atom is 0.222 e. The van der Waals surface area contributed by atoms with E-state index in [2.05, 4.69) is 17.1 Å². The van der Waals surface area contributed by atoms with E-state index in [0.717, 1.165) is 60.1 Å². The highest BCUT2D eigenvalue weighted by Crippen LogP contribution is 2.33. The van der Waals surface area contributed by atoms with Gasteiger partial charge in [-0.25, -0.2) is 0 Å². The van der Waals surface area contributed by atoms with E-state index in [0.29, 0.717) is 12.3 Å². The molecule has 1 aromatic heterocycles. The van der Waals surface area contributed by atoms with Crippen LogP contribution in [0.3, 0.4) is 0 Å². The zero-order chi connectivity index (χ0) is 17.6. The van der Waals surface area contributed by atoms with Crippen molar-refractivity contribution in [1.82, 2.24) is 15.1 Å². The van der Waals surface area contributed by atoms with Gasteiger partial charge in [-0.15, -0.1) is 10.2 Å². The van der Waals surface area contributed by atoms with Crippen LogP contribution in [0.5, 0.6) is 5.75 Å². The Morgan fingerprint density at radius 1 is 1.32 bits per heavy atom. The van der Waals surface area contributed by atoms with E-state index in [1.54, 1.807) is 18.4 Å². The largest absolute Gasteiger partial charge is 0.497 e. The molecule has 2 aromatic rings. The number of unbranched alkanes of at least 4 members (excludes halogenated alkanes) is 1. The SMILES string of the molecule is CCCCC(=O)N1CCCC(c2nnc(-c3ccc(OC)cc3)s2)C1. The number of piperidine rings is 1. The van der Waals surface area contributed by atoms with E-state index in [9.17, 15) is 4.79 Å². The summed E-state index contributed by atoms with van der Waals surface area (Å²) in [6.45, 7) is 3.78. The van der Waals surface area contributed by atoms with E-state index in [-0.39, 0.29) is 5.91 Å². The smallest absolute Gasteiger partial charge is 0.222 e. The molecule has 0 radical (unpaired) electrons. The lowest BCUT2D eigenvalue weighted by atomic mass is 9.98. The summed E-state index contributed by atoms with van der Waals surface area (Å²) in [5.41, 5.74) is 1.05. The fraction of sp³-hybridized carbons (Fsp3) is 0.526. The molecule has 1 aliphatic heterocycles. The third-order valence-electron chi connectivity index (χ3n) is 4.65. The van der Waals surface area contributed by atoms with Crippen molar-refractivity contribution < 1.29 is 9.53 Å². The predicted octanol–water partition coefficient (Wildman–Crippen LogP) is 4.11. The highest BCUT2D eigenvalue weighted by molar-refractivity contribution is 7.14. The van der Waals surface area contributed by atoms with Gasteiger partial charge in [0.15, 0.2) is 0 Å². The van der Waals surface area contributed by atoms with Crippen LogP contribution >= 0.6 is 11.3 Å². The predicted molar refractivity (Wildman–Crippen MR) is 100.0 cm³/mol. The van der Waals surface area contributed by atoms with Gasteiger partial charge in [-0.05, 0) is 43.5 Å². The van der Waals surface area contributed by atoms with E-state index < -0.39 is 0 Å². The molecule has 1 aromatic carbocycles. The Balaban J connectivity index is 1.67. The molecule has 0 bridgehead atoms. The number of carbonyl (C=O) groups is 1. The van der Waals surface area contributed by atoms with Gasteiger partial charge < -0.3 is 9.64 Å². The van der Waals surface area contributed by atoms with Crippen molar-refractivity contribution in [3.8, 4) is 16.3 Å². The van der Waals surface area contributed by atoms with Gasteiger partial charge in [-0.2, -0.15) is 0 Å². The molecule has 1 fully saturated rings. The number of hydrogen-bond donors (Lipinski definition) is 0. The van der Waals surface area contributed by atoms with Crippen LogP contribution in [0.15, 0.2) is 24.3 Å². The Kier molecular flexibility index (Phi) is 6.02. The first-order chi connectivity index (χ1) is 12.2. The molecule has 0 saturated carbocycles. The molecule has 0 aliphatic carbocycles. The first-order valence-electron chi connectivity index (χ1n) is 8.97. The average Bonchev–Trinajstić information content (AvgIpc) is 3.16. The number of benzene rings is 1. The number of rotatable bonds is 6. The zero-order valence-electron chi connectivity index (χ0n) is 14.9. The van der Waals surface area contributed by atoms with Gasteiger partial charge in [-0.1, -0.05) is 24.7 Å². The maximum absolute atomic E-state index is 12.3. The minimum atomic E-state index is 0.284. The fourth-order valence-corrected chi connectivity index (χ4v) is 4.12. The summed E-state index contributed by atoms with van der Waals surface area (Å²) in [5.74, 6) is 1.43. The molecule has 134 valence electrons. The Morgan fingerprint density at radius 3 is 2.84 bits per heavy atom. The molecule has 1 atom stereocenters. The molecule has 3 rings (SSSR count). The van der Waals surface area contributed by atoms with Crippen molar-refractivity contribution in [2.75, 3.05) is 20.2 Å². The van der Waals surface area contributed by atoms with Gasteiger partial charge in [0.1, 0.15) is 15.8 Å². The van der Waals surface area contributed by atoms with Gasteiger partial charge in [0.25, 0.3) is 0 Å². The minimum absolute atomic E-state index is 0.284. The van der Waals surface area contributed by atoms with Crippen molar-refractivity contribution in [3.05, 3.63) is 29.3 Å². The van der Waals surface area contributed by atoms with Gasteiger partial charge in [0, 0.05) is 31.0 Å². The molecule has 2 heterocycles. The van der Waals surface area contributed by atoms with Crippen LogP contribution in [-0.2, 0) is 4.79 Å². The molecule has 1 saturated heterocycles. The first-order valence-corrected chi connectivity index (χ1v) is 9.78. The number of ether oxygens (including phenoxy) is 1. The lowest BCUT2D eigenvalue weighted by Crippen LogP contribution is -2.38. The molecular weight excluding hydrogens is 334 g/mol. The molecule has 1 amide bonds. The van der Waals surface area contributed by atoms with E-state index in [4.69, 9.17) is 4.74 Å². The second-order valence-electron chi connectivity index (χ2n) is 6.46. The number of aromatic nitrogens is 2. The van der Waals surface area contributed by atoms with Crippen molar-refractivity contribution in [2.24, 2.45) is 0 Å². The van der Waals surface area contributed by atoms with Crippen molar-refractivity contribution in [1.29, 1.82) is 0 Å². The molecule has 0 spiro atoms. The maximum atomic E-state index is 12.3. The van der Waals surface area contributed by atoms with E-state index in [1.165, 1.54) is 0 Å². The topological polar surface area (TPSA) is 55.3 Å². The summed E-state index contributed by atoms with van der Waals surface area (Å²) < 4.78 is 5.20. The number of nitrogens with zero attached hydrogens (tertiary/aromatic N) is 3. The monoisotopic (exact) mass is 359 g/mol. The summed E-state index contributed by atoms with van der Waals surface area (Å²) in [6, 6.07) is 7.88.